The molecule has 1 saturated heterocycles. The van der Waals surface area contributed by atoms with Gasteiger partial charge in [-0.1, -0.05) is 20.3 Å². The summed E-state index contributed by atoms with van der Waals surface area (Å²) in [6.07, 6.45) is 3.40. The molecule has 1 unspecified atom stereocenters. The van der Waals surface area contributed by atoms with Crippen molar-refractivity contribution in [2.24, 2.45) is 5.92 Å². The molecule has 3 rings (SSSR count). The van der Waals surface area contributed by atoms with Crippen LogP contribution in [0.5, 0.6) is 0 Å². The number of likely N-dealkylation sites (tertiary alicyclic amines) is 1. The van der Waals surface area contributed by atoms with Gasteiger partial charge in [0.15, 0.2) is 5.69 Å². The number of carbonyl (C=O) groups excluding carboxylic acids is 2. The van der Waals surface area contributed by atoms with E-state index in [0.717, 1.165) is 36.9 Å². The topological polar surface area (TPSA) is 64.4 Å². The minimum atomic E-state index is -0.472. The van der Waals surface area contributed by atoms with Crippen molar-refractivity contribution < 1.29 is 18.7 Å². The molecule has 1 aliphatic rings. The highest BCUT2D eigenvalue weighted by Gasteiger charge is 2.29. The molecule has 1 aliphatic heterocycles. The Kier molecular flexibility index (Phi) is 7.24. The molecule has 0 aliphatic carbocycles. The van der Waals surface area contributed by atoms with Gasteiger partial charge in [0.05, 0.1) is 18.3 Å². The van der Waals surface area contributed by atoms with E-state index in [1.165, 1.54) is 12.1 Å². The Balaban J connectivity index is 1.82. The van der Waals surface area contributed by atoms with E-state index in [1.54, 1.807) is 25.1 Å². The van der Waals surface area contributed by atoms with E-state index in [0.29, 0.717) is 13.1 Å². The summed E-state index contributed by atoms with van der Waals surface area (Å²) in [4.78, 5) is 26.8. The van der Waals surface area contributed by atoms with Crippen molar-refractivity contribution in [3.8, 4) is 11.3 Å². The second kappa shape index (κ2) is 9.87. The number of halogens is 1. The van der Waals surface area contributed by atoms with Crippen molar-refractivity contribution in [1.82, 2.24) is 14.7 Å². The van der Waals surface area contributed by atoms with Gasteiger partial charge in [0.25, 0.3) is 0 Å². The molecule has 1 fully saturated rings. The van der Waals surface area contributed by atoms with E-state index in [9.17, 15) is 14.0 Å². The van der Waals surface area contributed by atoms with Crippen LogP contribution in [0.3, 0.4) is 0 Å². The maximum Gasteiger partial charge on any atom is 0.358 e. The van der Waals surface area contributed by atoms with Crippen LogP contribution in [0.1, 0.15) is 63.0 Å². The van der Waals surface area contributed by atoms with Crippen LogP contribution in [0.4, 0.5) is 4.39 Å². The standard InChI is InChI=1S/C23H30FN3O3/c1-4-6-16(3)22(28)26-13-11-19(12-14-26)27-21(17-7-9-18(24)10-8-17)15-20(25-27)23(29)30-5-2/h7-10,15-16,19H,4-6,11-14H2,1-3H3. The van der Waals surface area contributed by atoms with Crippen molar-refractivity contribution >= 4 is 11.9 Å². The van der Waals surface area contributed by atoms with Gasteiger partial charge >= 0.3 is 5.97 Å². The van der Waals surface area contributed by atoms with Crippen LogP contribution in [-0.4, -0.2) is 46.3 Å². The molecule has 6 nitrogen and oxygen atoms in total. The quantitative estimate of drug-likeness (QED) is 0.626. The Hall–Kier alpha value is -2.70. The first-order valence-electron chi connectivity index (χ1n) is 10.8. The number of amides is 1. The second-order valence-corrected chi connectivity index (χ2v) is 7.83. The largest absolute Gasteiger partial charge is 0.461 e. The van der Waals surface area contributed by atoms with Gasteiger partial charge in [0.2, 0.25) is 5.91 Å². The highest BCUT2D eigenvalue weighted by atomic mass is 19.1. The van der Waals surface area contributed by atoms with Gasteiger partial charge in [-0.25, -0.2) is 9.18 Å². The number of rotatable bonds is 7. The molecule has 1 atom stereocenters. The van der Waals surface area contributed by atoms with Gasteiger partial charge in [0.1, 0.15) is 5.82 Å². The summed E-state index contributed by atoms with van der Waals surface area (Å²) in [6.45, 7) is 7.43. The molecular weight excluding hydrogens is 385 g/mol. The smallest absolute Gasteiger partial charge is 0.358 e. The number of carbonyl (C=O) groups is 2. The molecule has 7 heteroatoms. The summed E-state index contributed by atoms with van der Waals surface area (Å²) in [7, 11) is 0. The zero-order chi connectivity index (χ0) is 21.7. The SMILES string of the molecule is CCCC(C)C(=O)N1CCC(n2nc(C(=O)OCC)cc2-c2ccc(F)cc2)CC1. The van der Waals surface area contributed by atoms with E-state index in [4.69, 9.17) is 4.74 Å². The second-order valence-electron chi connectivity index (χ2n) is 7.83. The maximum atomic E-state index is 13.4. The fraction of sp³-hybridized carbons (Fsp3) is 0.522. The molecule has 0 radical (unpaired) electrons. The zero-order valence-electron chi connectivity index (χ0n) is 17.9. The van der Waals surface area contributed by atoms with Crippen molar-refractivity contribution in [2.75, 3.05) is 19.7 Å². The minimum absolute atomic E-state index is 0.0430. The number of hydrogen-bond acceptors (Lipinski definition) is 4. The Morgan fingerprint density at radius 1 is 1.20 bits per heavy atom. The van der Waals surface area contributed by atoms with Crippen LogP contribution in [-0.2, 0) is 9.53 Å². The highest BCUT2D eigenvalue weighted by molar-refractivity contribution is 5.88. The summed E-state index contributed by atoms with van der Waals surface area (Å²) < 4.78 is 20.3. The van der Waals surface area contributed by atoms with Crippen molar-refractivity contribution in [1.29, 1.82) is 0 Å². The zero-order valence-corrected chi connectivity index (χ0v) is 17.9. The van der Waals surface area contributed by atoms with Crippen molar-refractivity contribution in [2.45, 2.75) is 52.5 Å². The lowest BCUT2D eigenvalue weighted by Gasteiger charge is -2.34. The maximum absolute atomic E-state index is 13.4. The normalized spacial score (nSPS) is 15.8. The number of ether oxygens (including phenoxy) is 1. The number of esters is 1. The Morgan fingerprint density at radius 3 is 2.47 bits per heavy atom. The predicted octanol–water partition coefficient (Wildman–Crippen LogP) is 4.47. The first-order valence-corrected chi connectivity index (χ1v) is 10.8. The van der Waals surface area contributed by atoms with Crippen LogP contribution in [0, 0.1) is 11.7 Å². The van der Waals surface area contributed by atoms with Gasteiger partial charge in [-0.15, -0.1) is 0 Å². The fourth-order valence-corrected chi connectivity index (χ4v) is 4.01. The molecule has 162 valence electrons. The lowest BCUT2D eigenvalue weighted by molar-refractivity contribution is -0.136. The molecule has 0 spiro atoms. The Morgan fingerprint density at radius 2 is 1.87 bits per heavy atom. The summed E-state index contributed by atoms with van der Waals surface area (Å²) >= 11 is 0. The number of nitrogens with zero attached hydrogens (tertiary/aromatic N) is 3. The fourth-order valence-electron chi connectivity index (χ4n) is 4.01. The molecule has 0 bridgehead atoms. The van der Waals surface area contributed by atoms with Crippen LogP contribution >= 0.6 is 0 Å². The average molecular weight is 416 g/mol. The first-order chi connectivity index (χ1) is 14.4. The molecule has 30 heavy (non-hydrogen) atoms. The third-order valence-electron chi connectivity index (χ3n) is 5.63. The van der Waals surface area contributed by atoms with Gasteiger partial charge in [-0.2, -0.15) is 5.10 Å². The third-order valence-corrected chi connectivity index (χ3v) is 5.63. The number of aromatic nitrogens is 2. The monoisotopic (exact) mass is 415 g/mol. The van der Waals surface area contributed by atoms with Crippen molar-refractivity contribution in [3.05, 3.63) is 41.8 Å². The van der Waals surface area contributed by atoms with Crippen LogP contribution < -0.4 is 0 Å². The van der Waals surface area contributed by atoms with E-state index in [1.807, 2.05) is 16.5 Å². The Labute approximate surface area is 177 Å². The molecule has 0 N–H and O–H groups in total. The van der Waals surface area contributed by atoms with Crippen LogP contribution in [0.15, 0.2) is 30.3 Å². The molecule has 2 aromatic rings. The number of hydrogen-bond donors (Lipinski definition) is 0. The lowest BCUT2D eigenvalue weighted by Crippen LogP contribution is -2.41. The van der Waals surface area contributed by atoms with Gasteiger partial charge < -0.3 is 9.64 Å². The van der Waals surface area contributed by atoms with E-state index in [-0.39, 0.29) is 36.0 Å². The molecule has 2 heterocycles. The number of piperidine rings is 1. The van der Waals surface area contributed by atoms with Gasteiger partial charge in [-0.05, 0) is 56.5 Å². The summed E-state index contributed by atoms with van der Waals surface area (Å²) in [5.41, 5.74) is 1.78. The molecule has 1 aromatic heterocycles. The summed E-state index contributed by atoms with van der Waals surface area (Å²) in [5, 5.41) is 4.53. The minimum Gasteiger partial charge on any atom is -0.461 e. The van der Waals surface area contributed by atoms with E-state index in [2.05, 4.69) is 12.0 Å². The van der Waals surface area contributed by atoms with Crippen molar-refractivity contribution in [3.63, 3.8) is 0 Å². The summed E-state index contributed by atoms with van der Waals surface area (Å²) in [5.74, 6) is -0.535. The van der Waals surface area contributed by atoms with E-state index >= 15 is 0 Å². The summed E-state index contributed by atoms with van der Waals surface area (Å²) in [6, 6.07) is 7.91. The highest BCUT2D eigenvalue weighted by Crippen LogP contribution is 2.30. The van der Waals surface area contributed by atoms with E-state index < -0.39 is 5.97 Å². The third kappa shape index (κ3) is 4.89. The first kappa shape index (κ1) is 22.0. The van der Waals surface area contributed by atoms with Crippen LogP contribution in [0.2, 0.25) is 0 Å². The van der Waals surface area contributed by atoms with Crippen LogP contribution in [0.25, 0.3) is 11.3 Å². The molecule has 1 aromatic carbocycles. The average Bonchev–Trinajstić information content (AvgIpc) is 3.20. The number of benzene rings is 1. The predicted molar refractivity (Wildman–Crippen MR) is 113 cm³/mol. The lowest BCUT2D eigenvalue weighted by atomic mass is 10.00. The van der Waals surface area contributed by atoms with Gasteiger partial charge in [0, 0.05) is 24.6 Å². The molecular formula is C23H30FN3O3. The molecule has 0 saturated carbocycles. The van der Waals surface area contributed by atoms with Gasteiger partial charge in [-0.3, -0.25) is 9.48 Å². The Bertz CT molecular complexity index is 870. The molecule has 1 amide bonds.